The maximum atomic E-state index is 12.2. The topological polar surface area (TPSA) is 72.8 Å². The van der Waals surface area contributed by atoms with Gasteiger partial charge in [0.1, 0.15) is 6.61 Å². The van der Waals surface area contributed by atoms with Crippen molar-refractivity contribution in [3.8, 4) is 11.5 Å². The smallest absolute Gasteiger partial charge is 0.250 e. The molecule has 0 aliphatic rings. The number of carbonyl (C=O) groups is 1. The van der Waals surface area contributed by atoms with Gasteiger partial charge in [-0.05, 0) is 52.4 Å². The van der Waals surface area contributed by atoms with E-state index < -0.39 is 0 Å². The van der Waals surface area contributed by atoms with Crippen LogP contribution in [0.5, 0.6) is 11.5 Å². The number of thioether (sulfide) groups is 1. The number of benzene rings is 3. The second-order valence-electron chi connectivity index (χ2n) is 9.18. The van der Waals surface area contributed by atoms with Crippen molar-refractivity contribution in [2.24, 2.45) is 5.10 Å². The Morgan fingerprint density at radius 1 is 1.08 bits per heavy atom. The number of nitrogens with zero attached hydrogens (tertiary/aromatic N) is 2. The molecule has 0 fully saturated rings. The molecule has 1 heterocycles. The average molecular weight is 520 g/mol. The fourth-order valence-electron chi connectivity index (χ4n) is 3.40. The molecule has 0 aliphatic carbocycles. The molecule has 0 unspecified atom stereocenters. The Hall–Kier alpha value is -3.36. The highest BCUT2D eigenvalue weighted by molar-refractivity contribution is 8.01. The molecular formula is C28H29N3O3S2. The molecule has 0 atom stereocenters. The number of amides is 1. The van der Waals surface area contributed by atoms with Gasteiger partial charge in [0, 0.05) is 0 Å². The number of carbonyl (C=O) groups excluding carboxylic acids is 1. The average Bonchev–Trinajstić information content (AvgIpc) is 3.29. The highest BCUT2D eigenvalue weighted by Gasteiger charge is 2.13. The number of hydrogen-bond donors (Lipinski definition) is 1. The number of fused-ring (bicyclic) bond motifs is 1. The SMILES string of the molecule is COc1cc(/C=N/NC(=O)CSc2nc3ccccc3s2)ccc1OCc1ccc(C(C)(C)C)cc1. The number of hydrazone groups is 1. The first-order chi connectivity index (χ1) is 17.3. The van der Waals surface area contributed by atoms with E-state index in [0.717, 1.165) is 25.7 Å². The molecule has 4 aromatic rings. The predicted molar refractivity (Wildman–Crippen MR) is 149 cm³/mol. The van der Waals surface area contributed by atoms with E-state index in [9.17, 15) is 4.79 Å². The Balaban J connectivity index is 1.28. The number of para-hydroxylation sites is 1. The van der Waals surface area contributed by atoms with Crippen molar-refractivity contribution in [2.45, 2.75) is 37.1 Å². The van der Waals surface area contributed by atoms with Crippen LogP contribution in [0.2, 0.25) is 0 Å². The summed E-state index contributed by atoms with van der Waals surface area (Å²) >= 11 is 2.98. The van der Waals surface area contributed by atoms with Crippen molar-refractivity contribution in [1.82, 2.24) is 10.4 Å². The number of thiazole rings is 1. The van der Waals surface area contributed by atoms with Gasteiger partial charge in [-0.2, -0.15) is 5.10 Å². The largest absolute Gasteiger partial charge is 0.493 e. The van der Waals surface area contributed by atoms with Gasteiger partial charge in [-0.3, -0.25) is 4.79 Å². The van der Waals surface area contributed by atoms with Crippen LogP contribution in [0.1, 0.15) is 37.5 Å². The summed E-state index contributed by atoms with van der Waals surface area (Å²) in [6.45, 7) is 7.03. The van der Waals surface area contributed by atoms with Crippen molar-refractivity contribution in [2.75, 3.05) is 12.9 Å². The summed E-state index contributed by atoms with van der Waals surface area (Å²) in [6.07, 6.45) is 1.58. The van der Waals surface area contributed by atoms with Gasteiger partial charge < -0.3 is 9.47 Å². The molecule has 4 rings (SSSR count). The first kappa shape index (κ1) is 25.7. The van der Waals surface area contributed by atoms with E-state index >= 15 is 0 Å². The van der Waals surface area contributed by atoms with Gasteiger partial charge in [0.2, 0.25) is 0 Å². The standard InChI is InChI=1S/C28H29N3O3S2/c1-28(2,3)21-12-9-19(10-13-21)17-34-23-14-11-20(15-24(23)33-4)16-29-31-26(32)18-35-27-30-22-7-5-6-8-25(22)36-27/h5-16H,17-18H2,1-4H3,(H,31,32)/b29-16+. The molecule has 0 radical (unpaired) electrons. The van der Waals surface area contributed by atoms with Crippen LogP contribution in [0, 0.1) is 0 Å². The van der Waals surface area contributed by atoms with Crippen LogP contribution in [0.25, 0.3) is 10.2 Å². The number of hydrogen-bond acceptors (Lipinski definition) is 7. The summed E-state index contributed by atoms with van der Waals surface area (Å²) in [4.78, 5) is 16.7. The minimum atomic E-state index is -0.195. The summed E-state index contributed by atoms with van der Waals surface area (Å²) in [6, 6.07) is 21.9. The molecule has 186 valence electrons. The second-order valence-corrected chi connectivity index (χ2v) is 11.4. The van der Waals surface area contributed by atoms with Crippen LogP contribution >= 0.6 is 23.1 Å². The third-order valence-electron chi connectivity index (χ3n) is 5.41. The van der Waals surface area contributed by atoms with Crippen LogP contribution in [-0.2, 0) is 16.8 Å². The minimum absolute atomic E-state index is 0.120. The van der Waals surface area contributed by atoms with Crippen molar-refractivity contribution in [3.05, 3.63) is 83.4 Å². The van der Waals surface area contributed by atoms with E-state index in [4.69, 9.17) is 9.47 Å². The fourth-order valence-corrected chi connectivity index (χ4v) is 5.26. The third kappa shape index (κ3) is 6.86. The first-order valence-electron chi connectivity index (χ1n) is 11.5. The van der Waals surface area contributed by atoms with Gasteiger partial charge in [0.25, 0.3) is 5.91 Å². The molecule has 0 saturated heterocycles. The molecule has 6 nitrogen and oxygen atoms in total. The van der Waals surface area contributed by atoms with Crippen LogP contribution in [0.4, 0.5) is 0 Å². The molecule has 1 aromatic heterocycles. The first-order valence-corrected chi connectivity index (χ1v) is 13.3. The van der Waals surface area contributed by atoms with Gasteiger partial charge in [-0.1, -0.05) is 68.9 Å². The lowest BCUT2D eigenvalue weighted by Crippen LogP contribution is -2.19. The Kier molecular flexibility index (Phi) is 8.28. The van der Waals surface area contributed by atoms with E-state index in [1.54, 1.807) is 24.7 Å². The van der Waals surface area contributed by atoms with Gasteiger partial charge in [-0.25, -0.2) is 10.4 Å². The molecule has 1 amide bonds. The van der Waals surface area contributed by atoms with Crippen LogP contribution < -0.4 is 14.9 Å². The summed E-state index contributed by atoms with van der Waals surface area (Å²) < 4.78 is 13.5. The molecular weight excluding hydrogens is 490 g/mol. The lowest BCUT2D eigenvalue weighted by molar-refractivity contribution is -0.118. The Morgan fingerprint density at radius 3 is 2.58 bits per heavy atom. The van der Waals surface area contributed by atoms with E-state index in [2.05, 4.69) is 60.5 Å². The number of nitrogens with one attached hydrogen (secondary N) is 1. The Bertz CT molecular complexity index is 1330. The van der Waals surface area contributed by atoms with Crippen LogP contribution in [0.3, 0.4) is 0 Å². The lowest BCUT2D eigenvalue weighted by Gasteiger charge is -2.19. The molecule has 1 N–H and O–H groups in total. The predicted octanol–water partition coefficient (Wildman–Crippen LogP) is 6.42. The minimum Gasteiger partial charge on any atom is -0.493 e. The molecule has 0 spiro atoms. The van der Waals surface area contributed by atoms with Gasteiger partial charge in [0.15, 0.2) is 15.8 Å². The van der Waals surface area contributed by atoms with E-state index in [0.29, 0.717) is 18.1 Å². The van der Waals surface area contributed by atoms with Crippen molar-refractivity contribution in [1.29, 1.82) is 0 Å². The van der Waals surface area contributed by atoms with Gasteiger partial charge in [0.05, 0.1) is 29.3 Å². The zero-order valence-corrected chi connectivity index (χ0v) is 22.4. The Labute approximate surface area is 219 Å². The molecule has 8 heteroatoms. The van der Waals surface area contributed by atoms with Crippen LogP contribution in [0.15, 0.2) is 76.2 Å². The highest BCUT2D eigenvalue weighted by atomic mass is 32.2. The van der Waals surface area contributed by atoms with Gasteiger partial charge >= 0.3 is 0 Å². The Morgan fingerprint density at radius 2 is 1.86 bits per heavy atom. The number of methoxy groups -OCH3 is 1. The molecule has 0 bridgehead atoms. The van der Waals surface area contributed by atoms with Gasteiger partial charge in [-0.15, -0.1) is 11.3 Å². The number of rotatable bonds is 9. The quantitative estimate of drug-likeness (QED) is 0.157. The highest BCUT2D eigenvalue weighted by Crippen LogP contribution is 2.30. The maximum absolute atomic E-state index is 12.2. The number of ether oxygens (including phenoxy) is 2. The zero-order chi connectivity index (χ0) is 25.5. The van der Waals surface area contributed by atoms with Crippen LogP contribution in [-0.4, -0.2) is 30.0 Å². The monoisotopic (exact) mass is 519 g/mol. The fraction of sp³-hybridized carbons (Fsp3) is 0.250. The molecule has 36 heavy (non-hydrogen) atoms. The maximum Gasteiger partial charge on any atom is 0.250 e. The third-order valence-corrected chi connectivity index (χ3v) is 7.59. The normalized spacial score (nSPS) is 11.7. The van der Waals surface area contributed by atoms with E-state index in [1.807, 2.05) is 42.5 Å². The summed E-state index contributed by atoms with van der Waals surface area (Å²) in [5.74, 6) is 1.29. The molecule has 0 aliphatic heterocycles. The number of aromatic nitrogens is 1. The lowest BCUT2D eigenvalue weighted by atomic mass is 9.87. The van der Waals surface area contributed by atoms with Crippen molar-refractivity contribution in [3.63, 3.8) is 0 Å². The summed E-state index contributed by atoms with van der Waals surface area (Å²) in [7, 11) is 1.60. The van der Waals surface area contributed by atoms with Crippen molar-refractivity contribution < 1.29 is 14.3 Å². The molecule has 0 saturated carbocycles. The summed E-state index contributed by atoms with van der Waals surface area (Å²) in [5.41, 5.74) is 6.79. The van der Waals surface area contributed by atoms with E-state index in [1.165, 1.54) is 17.3 Å². The summed E-state index contributed by atoms with van der Waals surface area (Å²) in [5, 5.41) is 4.07. The van der Waals surface area contributed by atoms with E-state index in [-0.39, 0.29) is 17.1 Å². The van der Waals surface area contributed by atoms with Crippen molar-refractivity contribution >= 4 is 45.4 Å². The molecule has 3 aromatic carbocycles. The zero-order valence-electron chi connectivity index (χ0n) is 20.8. The second kappa shape index (κ2) is 11.6.